The average molecular weight is 472 g/mol. The Labute approximate surface area is 194 Å². The van der Waals surface area contributed by atoms with Crippen LogP contribution in [-0.4, -0.2) is 68.8 Å². The molecule has 8 nitrogen and oxygen atoms in total. The first-order valence-electron chi connectivity index (χ1n) is 11.2. The quantitative estimate of drug-likeness (QED) is 0.698. The van der Waals surface area contributed by atoms with E-state index in [1.807, 2.05) is 18.2 Å². The van der Waals surface area contributed by atoms with Gasteiger partial charge in [-0.2, -0.15) is 0 Å². The van der Waals surface area contributed by atoms with Crippen molar-refractivity contribution in [3.8, 4) is 0 Å². The van der Waals surface area contributed by atoms with Crippen molar-refractivity contribution in [2.75, 3.05) is 44.7 Å². The Kier molecular flexibility index (Phi) is 7.42. The maximum atomic E-state index is 12.9. The number of nitrogens with one attached hydrogen (secondary N) is 1. The predicted molar refractivity (Wildman–Crippen MR) is 125 cm³/mol. The van der Waals surface area contributed by atoms with Gasteiger partial charge in [-0.3, -0.25) is 9.59 Å². The fraction of sp³-hybridized carbons (Fsp3) is 0.417. The molecule has 0 atom stereocenters. The summed E-state index contributed by atoms with van der Waals surface area (Å²) < 4.78 is 32.3. The number of hydrogen-bond acceptors (Lipinski definition) is 5. The monoisotopic (exact) mass is 471 g/mol. The number of rotatable bonds is 6. The number of anilines is 1. The number of benzene rings is 2. The van der Waals surface area contributed by atoms with Gasteiger partial charge in [0.1, 0.15) is 0 Å². The standard InChI is InChI=1S/C24H29N3O5S/c28-23(25-22-9-5-4-8-21(22)24(29)26-14-16-32-17-15-26)20-10-12-27(13-11-20)33(30,31)18-19-6-2-1-3-7-19/h1-9,20H,10-18H2,(H,25,28). The van der Waals surface area contributed by atoms with E-state index < -0.39 is 10.0 Å². The van der Waals surface area contributed by atoms with Crippen LogP contribution in [0.25, 0.3) is 0 Å². The second-order valence-corrected chi connectivity index (χ2v) is 10.3. The van der Waals surface area contributed by atoms with Crippen molar-refractivity contribution in [3.63, 3.8) is 0 Å². The molecule has 2 aromatic rings. The molecule has 2 aliphatic rings. The fourth-order valence-electron chi connectivity index (χ4n) is 4.22. The number of sulfonamides is 1. The summed E-state index contributed by atoms with van der Waals surface area (Å²) in [5, 5.41) is 2.91. The molecule has 0 spiro atoms. The van der Waals surface area contributed by atoms with Crippen LogP contribution in [0.3, 0.4) is 0 Å². The first-order valence-corrected chi connectivity index (χ1v) is 12.8. The van der Waals surface area contributed by atoms with Gasteiger partial charge in [0.15, 0.2) is 0 Å². The van der Waals surface area contributed by atoms with Crippen molar-refractivity contribution in [3.05, 3.63) is 65.7 Å². The van der Waals surface area contributed by atoms with E-state index >= 15 is 0 Å². The molecule has 33 heavy (non-hydrogen) atoms. The second-order valence-electron chi connectivity index (χ2n) is 8.35. The average Bonchev–Trinajstić information content (AvgIpc) is 2.85. The number of morpholine rings is 1. The normalized spacial score (nSPS) is 18.1. The minimum atomic E-state index is -3.43. The molecule has 2 aliphatic heterocycles. The Morgan fingerprint density at radius 2 is 1.55 bits per heavy atom. The third kappa shape index (κ3) is 5.79. The lowest BCUT2D eigenvalue weighted by Crippen LogP contribution is -2.42. The van der Waals surface area contributed by atoms with Gasteiger partial charge in [0.2, 0.25) is 15.9 Å². The smallest absolute Gasteiger partial charge is 0.256 e. The largest absolute Gasteiger partial charge is 0.378 e. The van der Waals surface area contributed by atoms with Crippen molar-refractivity contribution in [2.45, 2.75) is 18.6 Å². The second kappa shape index (κ2) is 10.5. The molecule has 0 saturated carbocycles. The number of carbonyl (C=O) groups is 2. The fourth-order valence-corrected chi connectivity index (χ4v) is 5.79. The molecule has 2 heterocycles. The molecule has 4 rings (SSSR count). The summed E-state index contributed by atoms with van der Waals surface area (Å²) in [5.41, 5.74) is 1.69. The molecule has 1 N–H and O–H groups in total. The van der Waals surface area contributed by atoms with Crippen LogP contribution < -0.4 is 5.32 Å². The van der Waals surface area contributed by atoms with E-state index in [4.69, 9.17) is 4.74 Å². The SMILES string of the molecule is O=C(Nc1ccccc1C(=O)N1CCOCC1)C1CCN(S(=O)(=O)Cc2ccccc2)CC1. The molecular weight excluding hydrogens is 442 g/mol. The van der Waals surface area contributed by atoms with Crippen LogP contribution in [-0.2, 0) is 25.3 Å². The summed E-state index contributed by atoms with van der Waals surface area (Å²) in [7, 11) is -3.43. The Hall–Kier alpha value is -2.75. The Bertz CT molecular complexity index is 1080. The van der Waals surface area contributed by atoms with Crippen LogP contribution in [0.15, 0.2) is 54.6 Å². The number of amides is 2. The highest BCUT2D eigenvalue weighted by atomic mass is 32.2. The molecule has 2 saturated heterocycles. The maximum Gasteiger partial charge on any atom is 0.256 e. The van der Waals surface area contributed by atoms with Gasteiger partial charge >= 0.3 is 0 Å². The summed E-state index contributed by atoms with van der Waals surface area (Å²) >= 11 is 0. The molecule has 0 aliphatic carbocycles. The van der Waals surface area contributed by atoms with Gasteiger partial charge in [0, 0.05) is 32.1 Å². The van der Waals surface area contributed by atoms with Crippen LogP contribution in [0.4, 0.5) is 5.69 Å². The van der Waals surface area contributed by atoms with Gasteiger partial charge in [-0.05, 0) is 30.5 Å². The number of nitrogens with zero attached hydrogens (tertiary/aromatic N) is 2. The van der Waals surface area contributed by atoms with E-state index in [-0.39, 0.29) is 23.5 Å². The zero-order valence-corrected chi connectivity index (χ0v) is 19.3. The van der Waals surface area contributed by atoms with Gasteiger partial charge < -0.3 is 15.0 Å². The lowest BCUT2D eigenvalue weighted by molar-refractivity contribution is -0.120. The third-order valence-electron chi connectivity index (χ3n) is 6.12. The first-order chi connectivity index (χ1) is 15.9. The summed E-state index contributed by atoms with van der Waals surface area (Å²) in [5.74, 6) is -0.657. The van der Waals surface area contributed by atoms with E-state index in [0.29, 0.717) is 63.5 Å². The molecular formula is C24H29N3O5S. The molecule has 2 fully saturated rings. The van der Waals surface area contributed by atoms with Gasteiger partial charge in [-0.1, -0.05) is 42.5 Å². The first kappa shape index (κ1) is 23.4. The third-order valence-corrected chi connectivity index (χ3v) is 7.97. The number of ether oxygens (including phenoxy) is 1. The highest BCUT2D eigenvalue weighted by molar-refractivity contribution is 7.88. The van der Waals surface area contributed by atoms with E-state index in [2.05, 4.69) is 5.32 Å². The van der Waals surface area contributed by atoms with E-state index in [9.17, 15) is 18.0 Å². The van der Waals surface area contributed by atoms with Crippen molar-refractivity contribution >= 4 is 27.5 Å². The lowest BCUT2D eigenvalue weighted by Gasteiger charge is -2.31. The number of piperidine rings is 1. The van der Waals surface area contributed by atoms with Gasteiger partial charge in [0.25, 0.3) is 5.91 Å². The zero-order chi connectivity index (χ0) is 23.3. The van der Waals surface area contributed by atoms with Crippen molar-refractivity contribution in [1.82, 2.24) is 9.21 Å². The van der Waals surface area contributed by atoms with Crippen LogP contribution in [0, 0.1) is 5.92 Å². The highest BCUT2D eigenvalue weighted by Gasteiger charge is 2.32. The summed E-state index contributed by atoms with van der Waals surface area (Å²) in [6.07, 6.45) is 0.888. The van der Waals surface area contributed by atoms with Gasteiger partial charge in [-0.25, -0.2) is 12.7 Å². The Morgan fingerprint density at radius 3 is 2.24 bits per heavy atom. The Morgan fingerprint density at radius 1 is 0.909 bits per heavy atom. The zero-order valence-electron chi connectivity index (χ0n) is 18.5. The molecule has 0 radical (unpaired) electrons. The minimum Gasteiger partial charge on any atom is -0.378 e. The molecule has 2 amide bonds. The number of hydrogen-bond donors (Lipinski definition) is 1. The number of para-hydroxylation sites is 1. The van der Waals surface area contributed by atoms with E-state index in [1.165, 1.54) is 4.31 Å². The molecule has 0 aromatic heterocycles. The van der Waals surface area contributed by atoms with Crippen LogP contribution in [0.2, 0.25) is 0 Å². The van der Waals surface area contributed by atoms with Crippen LogP contribution >= 0.6 is 0 Å². The van der Waals surface area contributed by atoms with Crippen molar-refractivity contribution in [1.29, 1.82) is 0 Å². The molecule has 0 bridgehead atoms. The van der Waals surface area contributed by atoms with E-state index in [1.54, 1.807) is 41.3 Å². The molecule has 176 valence electrons. The molecule has 9 heteroatoms. The van der Waals surface area contributed by atoms with Crippen LogP contribution in [0.1, 0.15) is 28.8 Å². The lowest BCUT2D eigenvalue weighted by atomic mass is 9.97. The number of carbonyl (C=O) groups excluding carboxylic acids is 2. The van der Waals surface area contributed by atoms with Crippen molar-refractivity contribution in [2.24, 2.45) is 5.92 Å². The highest BCUT2D eigenvalue weighted by Crippen LogP contribution is 2.25. The molecule has 0 unspecified atom stereocenters. The van der Waals surface area contributed by atoms with Crippen molar-refractivity contribution < 1.29 is 22.7 Å². The summed E-state index contributed by atoms with van der Waals surface area (Å²) in [6, 6.07) is 16.1. The maximum absolute atomic E-state index is 12.9. The summed E-state index contributed by atoms with van der Waals surface area (Å²) in [4.78, 5) is 27.6. The van der Waals surface area contributed by atoms with Crippen LogP contribution in [0.5, 0.6) is 0 Å². The van der Waals surface area contributed by atoms with E-state index in [0.717, 1.165) is 5.56 Å². The topological polar surface area (TPSA) is 96.0 Å². The molecule has 2 aromatic carbocycles. The Balaban J connectivity index is 1.36. The summed E-state index contributed by atoms with van der Waals surface area (Å²) in [6.45, 7) is 2.68. The minimum absolute atomic E-state index is 0.0400. The predicted octanol–water partition coefficient (Wildman–Crippen LogP) is 2.34. The van der Waals surface area contributed by atoms with Gasteiger partial charge in [-0.15, -0.1) is 0 Å². The van der Waals surface area contributed by atoms with Gasteiger partial charge in [0.05, 0.1) is 30.2 Å².